The summed E-state index contributed by atoms with van der Waals surface area (Å²) in [6, 6.07) is 19.9. The Kier molecular flexibility index (Phi) is 4.12. The van der Waals surface area contributed by atoms with Crippen molar-refractivity contribution in [2.24, 2.45) is 0 Å². The van der Waals surface area contributed by atoms with Gasteiger partial charge >= 0.3 is 0 Å². The van der Waals surface area contributed by atoms with Crippen LogP contribution in [-0.4, -0.2) is 28.1 Å². The summed E-state index contributed by atoms with van der Waals surface area (Å²) in [7, 11) is 0. The highest BCUT2D eigenvalue weighted by atomic mass is 35.5. The Labute approximate surface area is 151 Å². The topological polar surface area (TPSA) is 57.7 Å². The molecule has 1 atom stereocenters. The van der Waals surface area contributed by atoms with Crippen molar-refractivity contribution in [1.29, 1.82) is 5.26 Å². The smallest absolute Gasteiger partial charge is 0.207 e. The number of benzene rings is 2. The van der Waals surface area contributed by atoms with Crippen LogP contribution in [0.5, 0.6) is 0 Å². The Morgan fingerprint density at radius 1 is 1.04 bits per heavy atom. The summed E-state index contributed by atoms with van der Waals surface area (Å²) in [5.41, 5.74) is 2.46. The standard InChI is InChI=1S/C19H16ClN5/c20-16-6-8-17(9-7-16)25-22-18(12-21)19(23-25)24-11-10-15(13-24)14-4-2-1-3-5-14/h1-9,15H,10-11,13H2/t15-/m1/s1. The van der Waals surface area contributed by atoms with Gasteiger partial charge in [-0.3, -0.25) is 0 Å². The van der Waals surface area contributed by atoms with Crippen LogP contribution in [0.1, 0.15) is 23.6 Å². The quantitative estimate of drug-likeness (QED) is 0.722. The maximum atomic E-state index is 9.45. The minimum atomic E-state index is 0.351. The van der Waals surface area contributed by atoms with Crippen molar-refractivity contribution >= 4 is 17.4 Å². The molecule has 4 rings (SSSR count). The van der Waals surface area contributed by atoms with E-state index in [1.165, 1.54) is 10.4 Å². The molecule has 1 saturated heterocycles. The number of hydrogen-bond acceptors (Lipinski definition) is 4. The van der Waals surface area contributed by atoms with Crippen LogP contribution in [0.3, 0.4) is 0 Å². The van der Waals surface area contributed by atoms with Crippen LogP contribution in [0.15, 0.2) is 54.6 Å². The first kappa shape index (κ1) is 15.7. The minimum Gasteiger partial charge on any atom is -0.352 e. The second-order valence-corrected chi connectivity index (χ2v) is 6.53. The fourth-order valence-electron chi connectivity index (χ4n) is 3.22. The Balaban J connectivity index is 1.61. The Morgan fingerprint density at radius 3 is 2.52 bits per heavy atom. The molecule has 25 heavy (non-hydrogen) atoms. The van der Waals surface area contributed by atoms with Crippen LogP contribution in [0.4, 0.5) is 5.82 Å². The van der Waals surface area contributed by atoms with E-state index >= 15 is 0 Å². The maximum Gasteiger partial charge on any atom is 0.207 e. The van der Waals surface area contributed by atoms with Gasteiger partial charge in [0.05, 0.1) is 5.69 Å². The first-order chi connectivity index (χ1) is 12.2. The molecule has 0 unspecified atom stereocenters. The van der Waals surface area contributed by atoms with Gasteiger partial charge in [-0.05, 0) is 36.2 Å². The molecule has 0 N–H and O–H groups in total. The van der Waals surface area contributed by atoms with E-state index in [9.17, 15) is 5.26 Å². The first-order valence-electron chi connectivity index (χ1n) is 8.18. The molecule has 0 radical (unpaired) electrons. The molecule has 1 aliphatic rings. The van der Waals surface area contributed by atoms with Crippen LogP contribution < -0.4 is 4.90 Å². The summed E-state index contributed by atoms with van der Waals surface area (Å²) in [6.45, 7) is 1.71. The van der Waals surface area contributed by atoms with Crippen molar-refractivity contribution in [1.82, 2.24) is 15.0 Å². The molecule has 0 saturated carbocycles. The molecular formula is C19H16ClN5. The van der Waals surface area contributed by atoms with Gasteiger partial charge in [-0.15, -0.1) is 15.0 Å². The molecule has 1 fully saturated rings. The van der Waals surface area contributed by atoms with Crippen molar-refractivity contribution < 1.29 is 0 Å². The lowest BCUT2D eigenvalue weighted by atomic mass is 9.99. The van der Waals surface area contributed by atoms with Crippen LogP contribution in [0.2, 0.25) is 5.02 Å². The molecule has 124 valence electrons. The zero-order valence-corrected chi connectivity index (χ0v) is 14.3. The molecule has 6 heteroatoms. The van der Waals surface area contributed by atoms with E-state index < -0.39 is 0 Å². The summed E-state index contributed by atoms with van der Waals surface area (Å²) < 4.78 is 0. The van der Waals surface area contributed by atoms with Gasteiger partial charge in [-0.25, -0.2) is 0 Å². The van der Waals surface area contributed by atoms with Gasteiger partial charge in [0.25, 0.3) is 0 Å². The van der Waals surface area contributed by atoms with Crippen LogP contribution in [0, 0.1) is 11.3 Å². The maximum absolute atomic E-state index is 9.45. The summed E-state index contributed by atoms with van der Waals surface area (Å²) in [4.78, 5) is 3.65. The van der Waals surface area contributed by atoms with E-state index in [2.05, 4.69) is 45.4 Å². The Morgan fingerprint density at radius 2 is 1.80 bits per heavy atom. The molecule has 0 bridgehead atoms. The number of halogens is 1. The van der Waals surface area contributed by atoms with Crippen molar-refractivity contribution in [3.63, 3.8) is 0 Å². The highest BCUT2D eigenvalue weighted by Gasteiger charge is 2.28. The van der Waals surface area contributed by atoms with Gasteiger partial charge in [0.15, 0.2) is 5.82 Å². The van der Waals surface area contributed by atoms with Crippen molar-refractivity contribution in [2.75, 3.05) is 18.0 Å². The average molecular weight is 350 g/mol. The fraction of sp³-hybridized carbons (Fsp3) is 0.211. The van der Waals surface area contributed by atoms with Gasteiger partial charge < -0.3 is 4.90 Å². The van der Waals surface area contributed by atoms with Gasteiger partial charge in [0.1, 0.15) is 6.07 Å². The molecule has 2 aromatic carbocycles. The second kappa shape index (κ2) is 6.58. The zero-order chi connectivity index (χ0) is 17.2. The van der Waals surface area contributed by atoms with Crippen LogP contribution in [-0.2, 0) is 0 Å². The van der Waals surface area contributed by atoms with Crippen molar-refractivity contribution in [3.8, 4) is 11.8 Å². The lowest BCUT2D eigenvalue weighted by Gasteiger charge is -2.15. The molecule has 0 amide bonds. The summed E-state index contributed by atoms with van der Waals surface area (Å²) in [5.74, 6) is 1.10. The fourth-order valence-corrected chi connectivity index (χ4v) is 3.35. The number of anilines is 1. The monoisotopic (exact) mass is 349 g/mol. The van der Waals surface area contributed by atoms with E-state index in [1.807, 2.05) is 18.2 Å². The molecule has 2 heterocycles. The Hall–Kier alpha value is -2.84. The molecule has 1 aliphatic heterocycles. The molecule has 0 spiro atoms. The molecule has 0 aliphatic carbocycles. The van der Waals surface area contributed by atoms with E-state index in [4.69, 9.17) is 11.6 Å². The second-order valence-electron chi connectivity index (χ2n) is 6.09. The summed E-state index contributed by atoms with van der Waals surface area (Å²) in [5, 5.41) is 19.0. The van der Waals surface area contributed by atoms with Gasteiger partial charge in [0.2, 0.25) is 5.69 Å². The molecule has 5 nitrogen and oxygen atoms in total. The van der Waals surface area contributed by atoms with Gasteiger partial charge in [0, 0.05) is 24.0 Å². The predicted molar refractivity (Wildman–Crippen MR) is 97.1 cm³/mol. The highest BCUT2D eigenvalue weighted by Crippen LogP contribution is 2.31. The van der Waals surface area contributed by atoms with Crippen LogP contribution >= 0.6 is 11.6 Å². The first-order valence-corrected chi connectivity index (χ1v) is 8.55. The Bertz CT molecular complexity index is 911. The molecule has 3 aromatic rings. The SMILES string of the molecule is N#Cc1nn(-c2ccc(Cl)cc2)nc1N1CC[C@@H](c2ccccc2)C1. The number of nitriles is 1. The van der Waals surface area contributed by atoms with E-state index in [1.54, 1.807) is 12.1 Å². The minimum absolute atomic E-state index is 0.351. The van der Waals surface area contributed by atoms with Crippen LogP contribution in [0.25, 0.3) is 5.69 Å². The third-order valence-corrected chi connectivity index (χ3v) is 4.77. The number of hydrogen-bond donors (Lipinski definition) is 0. The molecule has 1 aromatic heterocycles. The predicted octanol–water partition coefficient (Wildman–Crippen LogP) is 3.79. The van der Waals surface area contributed by atoms with Crippen molar-refractivity contribution in [3.05, 3.63) is 70.9 Å². The van der Waals surface area contributed by atoms with E-state index in [0.29, 0.717) is 22.5 Å². The lowest BCUT2D eigenvalue weighted by Crippen LogP contribution is -2.20. The van der Waals surface area contributed by atoms with Gasteiger partial charge in [-0.2, -0.15) is 5.26 Å². The number of rotatable bonds is 3. The van der Waals surface area contributed by atoms with Gasteiger partial charge in [-0.1, -0.05) is 41.9 Å². The lowest BCUT2D eigenvalue weighted by molar-refractivity contribution is 0.741. The number of aromatic nitrogens is 3. The van der Waals surface area contributed by atoms with E-state index in [-0.39, 0.29) is 0 Å². The largest absolute Gasteiger partial charge is 0.352 e. The third kappa shape index (κ3) is 3.09. The average Bonchev–Trinajstić information content (AvgIpc) is 3.30. The highest BCUT2D eigenvalue weighted by molar-refractivity contribution is 6.30. The third-order valence-electron chi connectivity index (χ3n) is 4.52. The summed E-state index contributed by atoms with van der Waals surface area (Å²) >= 11 is 5.93. The normalized spacial score (nSPS) is 16.8. The number of nitrogens with zero attached hydrogens (tertiary/aromatic N) is 5. The zero-order valence-electron chi connectivity index (χ0n) is 13.5. The summed E-state index contributed by atoms with van der Waals surface area (Å²) in [6.07, 6.45) is 1.04. The van der Waals surface area contributed by atoms with Crippen molar-refractivity contribution in [2.45, 2.75) is 12.3 Å². The molecular weight excluding hydrogens is 334 g/mol. The van der Waals surface area contributed by atoms with E-state index in [0.717, 1.165) is 25.2 Å².